The molecule has 190 valence electrons. The minimum Gasteiger partial charge on any atom is -0.495 e. The van der Waals surface area contributed by atoms with E-state index in [9.17, 15) is 14.3 Å². The largest absolute Gasteiger partial charge is 0.495 e. The number of hydrogen-bond donors (Lipinski definition) is 3. The molecule has 0 radical (unpaired) electrons. The summed E-state index contributed by atoms with van der Waals surface area (Å²) in [5, 5.41) is 14.0. The third-order valence-corrected chi connectivity index (χ3v) is 5.79. The first-order chi connectivity index (χ1) is 17.9. The fourth-order valence-corrected chi connectivity index (χ4v) is 4.05. The van der Waals surface area contributed by atoms with Crippen molar-refractivity contribution in [3.05, 3.63) is 94.9 Å². The maximum absolute atomic E-state index is 13.7. The number of aliphatic hydroxyl groups is 1. The molecule has 6 nitrogen and oxygen atoms in total. The molecule has 3 aromatic carbocycles. The van der Waals surface area contributed by atoms with Crippen molar-refractivity contribution in [2.75, 3.05) is 13.7 Å². The van der Waals surface area contributed by atoms with E-state index in [4.69, 9.17) is 9.47 Å². The van der Waals surface area contributed by atoms with Gasteiger partial charge in [-0.1, -0.05) is 30.0 Å². The van der Waals surface area contributed by atoms with Gasteiger partial charge in [0.05, 0.1) is 37.0 Å². The zero-order valence-electron chi connectivity index (χ0n) is 21.0. The molecule has 4 aromatic rings. The summed E-state index contributed by atoms with van der Waals surface area (Å²) in [6.07, 6.45) is 2.19. The van der Waals surface area contributed by atoms with E-state index in [2.05, 4.69) is 22.1 Å². The second kappa shape index (κ2) is 11.6. The van der Waals surface area contributed by atoms with E-state index < -0.39 is 11.9 Å². The third-order valence-electron chi connectivity index (χ3n) is 5.79. The number of hydrogen-bond acceptors (Lipinski definition) is 4. The van der Waals surface area contributed by atoms with Gasteiger partial charge in [0, 0.05) is 22.7 Å². The normalized spacial score (nSPS) is 11.6. The van der Waals surface area contributed by atoms with Gasteiger partial charge in [0.2, 0.25) is 0 Å². The van der Waals surface area contributed by atoms with Crippen LogP contribution in [0.5, 0.6) is 11.5 Å². The van der Waals surface area contributed by atoms with Crippen LogP contribution in [0.25, 0.3) is 10.9 Å². The quantitative estimate of drug-likeness (QED) is 0.303. The van der Waals surface area contributed by atoms with Crippen molar-refractivity contribution in [1.82, 2.24) is 10.3 Å². The van der Waals surface area contributed by atoms with Gasteiger partial charge in [-0.3, -0.25) is 4.79 Å². The number of aromatic nitrogens is 1. The van der Waals surface area contributed by atoms with E-state index in [1.807, 2.05) is 44.3 Å². The lowest BCUT2D eigenvalue weighted by atomic mass is 10.0. The Balaban J connectivity index is 1.60. The van der Waals surface area contributed by atoms with Gasteiger partial charge < -0.3 is 24.9 Å². The number of benzene rings is 3. The van der Waals surface area contributed by atoms with Crippen molar-refractivity contribution in [3.63, 3.8) is 0 Å². The van der Waals surface area contributed by atoms with Crippen LogP contribution in [0.15, 0.2) is 66.9 Å². The number of aromatic amines is 1. The lowest BCUT2D eigenvalue weighted by Crippen LogP contribution is -2.39. The molecule has 0 saturated heterocycles. The molecule has 1 aromatic heterocycles. The summed E-state index contributed by atoms with van der Waals surface area (Å²) >= 11 is 0. The Morgan fingerprint density at radius 3 is 2.62 bits per heavy atom. The van der Waals surface area contributed by atoms with E-state index in [-0.39, 0.29) is 18.6 Å². The van der Waals surface area contributed by atoms with Gasteiger partial charge in [-0.15, -0.1) is 0 Å². The maximum atomic E-state index is 13.7. The van der Waals surface area contributed by atoms with Gasteiger partial charge in [0.1, 0.15) is 17.3 Å². The predicted molar refractivity (Wildman–Crippen MR) is 141 cm³/mol. The Morgan fingerprint density at radius 1 is 1.08 bits per heavy atom. The summed E-state index contributed by atoms with van der Waals surface area (Å²) in [4.78, 5) is 16.6. The molecule has 0 spiro atoms. The van der Waals surface area contributed by atoms with E-state index in [0.717, 1.165) is 16.5 Å². The van der Waals surface area contributed by atoms with Gasteiger partial charge >= 0.3 is 0 Å². The fourth-order valence-electron chi connectivity index (χ4n) is 4.05. The molecule has 3 N–H and O–H groups in total. The minimum atomic E-state index is -0.509. The van der Waals surface area contributed by atoms with Crippen molar-refractivity contribution < 1.29 is 23.8 Å². The van der Waals surface area contributed by atoms with E-state index in [1.54, 1.807) is 18.2 Å². The highest BCUT2D eigenvalue weighted by Crippen LogP contribution is 2.24. The summed E-state index contributed by atoms with van der Waals surface area (Å²) < 4.78 is 24.8. The summed E-state index contributed by atoms with van der Waals surface area (Å²) in [7, 11) is 1.49. The summed E-state index contributed by atoms with van der Waals surface area (Å²) in [6.45, 7) is 3.52. The number of aliphatic hydroxyl groups excluding tert-OH is 1. The molecule has 1 amide bonds. The topological polar surface area (TPSA) is 83.6 Å². The molecule has 37 heavy (non-hydrogen) atoms. The van der Waals surface area contributed by atoms with Gasteiger partial charge in [-0.05, 0) is 68.3 Å². The van der Waals surface area contributed by atoms with E-state index >= 15 is 0 Å². The van der Waals surface area contributed by atoms with Crippen molar-refractivity contribution in [3.8, 4) is 23.3 Å². The van der Waals surface area contributed by atoms with E-state index in [1.165, 1.54) is 25.3 Å². The summed E-state index contributed by atoms with van der Waals surface area (Å²) in [6, 6.07) is 16.5. The summed E-state index contributed by atoms with van der Waals surface area (Å²) in [5.41, 5.74) is 3.23. The first-order valence-electron chi connectivity index (χ1n) is 12.0. The first-order valence-corrected chi connectivity index (χ1v) is 12.0. The Kier molecular flexibility index (Phi) is 8.11. The zero-order valence-corrected chi connectivity index (χ0v) is 21.0. The number of halogens is 1. The van der Waals surface area contributed by atoms with Crippen molar-refractivity contribution >= 4 is 16.8 Å². The number of H-pyrrole nitrogens is 1. The fraction of sp³-hybridized carbons (Fsp3) is 0.233. The maximum Gasteiger partial charge on any atom is 0.255 e. The number of fused-ring (bicyclic) bond motifs is 1. The molecule has 0 bridgehead atoms. The molecule has 1 atom stereocenters. The van der Waals surface area contributed by atoms with E-state index in [0.29, 0.717) is 34.6 Å². The zero-order chi connectivity index (χ0) is 26.4. The number of carbonyl (C=O) groups excluding carboxylic acids is 1. The second-order valence-corrected chi connectivity index (χ2v) is 8.89. The number of ether oxygens (including phenoxy) is 2. The molecule has 1 heterocycles. The van der Waals surface area contributed by atoms with Crippen LogP contribution >= 0.6 is 0 Å². The van der Waals surface area contributed by atoms with Crippen molar-refractivity contribution in [1.29, 1.82) is 0 Å². The number of carbonyl (C=O) groups is 1. The summed E-state index contributed by atoms with van der Waals surface area (Å²) in [5.74, 6) is 5.95. The van der Waals surface area contributed by atoms with Gasteiger partial charge in [0.15, 0.2) is 0 Å². The molecule has 0 aliphatic heterocycles. The standard InChI is InChI=1S/C30H29FN2O4/c1-19(2)37-29-12-9-20(8-10-21-15-23(31)11-13-28(21)36-3)14-26(29)30(35)33-24(18-34)16-22-17-32-27-7-5-4-6-25(22)27/h4-7,9,11-15,17,19,24,32,34H,16,18H2,1-3H3,(H,33,35)/t24-/m1/s1. The molecular weight excluding hydrogens is 471 g/mol. The van der Waals surface area contributed by atoms with Crippen molar-refractivity contribution in [2.45, 2.75) is 32.4 Å². The minimum absolute atomic E-state index is 0.153. The monoisotopic (exact) mass is 500 g/mol. The molecule has 0 saturated carbocycles. The highest BCUT2D eigenvalue weighted by atomic mass is 19.1. The number of amides is 1. The van der Waals surface area contributed by atoms with Crippen LogP contribution < -0.4 is 14.8 Å². The molecule has 4 rings (SSSR count). The Labute approximate surface area is 215 Å². The molecule has 0 aliphatic rings. The molecule has 7 heteroatoms. The van der Waals surface area contributed by atoms with Crippen LogP contribution in [0, 0.1) is 17.7 Å². The van der Waals surface area contributed by atoms with Gasteiger partial charge in [-0.2, -0.15) is 0 Å². The number of nitrogens with one attached hydrogen (secondary N) is 2. The highest BCUT2D eigenvalue weighted by Gasteiger charge is 2.19. The smallest absolute Gasteiger partial charge is 0.255 e. The number of para-hydroxylation sites is 1. The number of rotatable bonds is 8. The lowest BCUT2D eigenvalue weighted by Gasteiger charge is -2.19. The first kappa shape index (κ1) is 25.8. The Hall–Kier alpha value is -4.28. The van der Waals surface area contributed by atoms with Crippen LogP contribution in [0.2, 0.25) is 0 Å². The highest BCUT2D eigenvalue weighted by molar-refractivity contribution is 5.97. The van der Waals surface area contributed by atoms with Crippen LogP contribution in [0.3, 0.4) is 0 Å². The third kappa shape index (κ3) is 6.29. The second-order valence-electron chi connectivity index (χ2n) is 8.89. The molecule has 0 aliphatic carbocycles. The van der Waals surface area contributed by atoms with Gasteiger partial charge in [-0.25, -0.2) is 4.39 Å². The Morgan fingerprint density at radius 2 is 1.86 bits per heavy atom. The SMILES string of the molecule is COc1ccc(F)cc1C#Cc1ccc(OC(C)C)c(C(=O)N[C@@H](CO)Cc2c[nH]c3ccccc23)c1. The Bertz CT molecular complexity index is 1470. The van der Waals surface area contributed by atoms with Crippen molar-refractivity contribution in [2.24, 2.45) is 0 Å². The molecule has 0 unspecified atom stereocenters. The number of methoxy groups -OCH3 is 1. The van der Waals surface area contributed by atoms with Crippen LogP contribution in [-0.2, 0) is 6.42 Å². The van der Waals surface area contributed by atoms with Crippen LogP contribution in [0.1, 0.15) is 40.9 Å². The van der Waals surface area contributed by atoms with Crippen LogP contribution in [0.4, 0.5) is 4.39 Å². The predicted octanol–water partition coefficient (Wildman–Crippen LogP) is 4.84. The molecular formula is C30H29FN2O4. The average molecular weight is 501 g/mol. The average Bonchev–Trinajstić information content (AvgIpc) is 3.30. The van der Waals surface area contributed by atoms with Crippen LogP contribution in [-0.4, -0.2) is 41.9 Å². The molecule has 0 fully saturated rings. The van der Waals surface area contributed by atoms with Gasteiger partial charge in [0.25, 0.3) is 5.91 Å². The lowest BCUT2D eigenvalue weighted by molar-refractivity contribution is 0.0910.